The van der Waals surface area contributed by atoms with E-state index in [1.165, 1.54) is 12.1 Å². The largest absolute Gasteiger partial charge is 0.385 e. The maximum absolute atomic E-state index is 13.1. The fourth-order valence-corrected chi connectivity index (χ4v) is 4.43. The minimum atomic E-state index is -0.971. The number of piperidine rings is 1. The zero-order chi connectivity index (χ0) is 21.3. The molecule has 2 amide bonds. The minimum Gasteiger partial charge on any atom is -0.385 e. The highest BCUT2D eigenvalue weighted by Crippen LogP contribution is 2.34. The molecule has 2 aliphatic heterocycles. The third kappa shape index (κ3) is 4.35. The van der Waals surface area contributed by atoms with Crippen LogP contribution in [0, 0.1) is 11.7 Å². The summed E-state index contributed by atoms with van der Waals surface area (Å²) in [6, 6.07) is 13.2. The lowest BCUT2D eigenvalue weighted by Gasteiger charge is -2.39. The van der Waals surface area contributed by atoms with Crippen LogP contribution in [-0.2, 0) is 21.7 Å². The molecule has 0 spiro atoms. The highest BCUT2D eigenvalue weighted by Gasteiger charge is 2.40. The van der Waals surface area contributed by atoms with Gasteiger partial charge < -0.3 is 14.9 Å². The Morgan fingerprint density at radius 3 is 2.37 bits per heavy atom. The molecule has 1 N–H and O–H groups in total. The molecule has 4 rings (SSSR count). The van der Waals surface area contributed by atoms with Crippen molar-refractivity contribution in [2.75, 3.05) is 19.6 Å². The Kier molecular flexibility index (Phi) is 5.80. The van der Waals surface area contributed by atoms with Gasteiger partial charge >= 0.3 is 0 Å². The van der Waals surface area contributed by atoms with E-state index in [9.17, 15) is 19.1 Å². The maximum atomic E-state index is 13.1. The molecule has 2 fully saturated rings. The summed E-state index contributed by atoms with van der Waals surface area (Å²) >= 11 is 5.93. The molecule has 0 bridgehead atoms. The molecule has 0 saturated carbocycles. The topological polar surface area (TPSA) is 60.9 Å². The molecule has 2 aliphatic rings. The number of hydrogen-bond acceptors (Lipinski definition) is 3. The molecular formula is C23H24ClFN2O3. The zero-order valence-electron chi connectivity index (χ0n) is 16.6. The van der Waals surface area contributed by atoms with Crippen LogP contribution in [-0.4, -0.2) is 46.4 Å². The predicted octanol–water partition coefficient (Wildman–Crippen LogP) is 3.34. The lowest BCUT2D eigenvalue weighted by atomic mass is 9.84. The smallest absolute Gasteiger partial charge is 0.227 e. The summed E-state index contributed by atoms with van der Waals surface area (Å²) in [5.74, 6) is -0.793. The Bertz CT molecular complexity index is 924. The first kappa shape index (κ1) is 20.8. The Morgan fingerprint density at radius 2 is 1.73 bits per heavy atom. The number of aliphatic hydroxyl groups is 1. The lowest BCUT2D eigenvalue weighted by molar-refractivity contribution is -0.140. The van der Waals surface area contributed by atoms with Crippen LogP contribution in [0.15, 0.2) is 48.5 Å². The second-order valence-electron chi connectivity index (χ2n) is 8.17. The first-order chi connectivity index (χ1) is 14.3. The molecule has 1 unspecified atom stereocenters. The van der Waals surface area contributed by atoms with Crippen LogP contribution in [0.2, 0.25) is 5.02 Å². The quantitative estimate of drug-likeness (QED) is 0.809. The summed E-state index contributed by atoms with van der Waals surface area (Å²) in [7, 11) is 0. The van der Waals surface area contributed by atoms with E-state index in [-0.39, 0.29) is 30.0 Å². The van der Waals surface area contributed by atoms with Crippen molar-refractivity contribution in [1.82, 2.24) is 9.80 Å². The number of benzene rings is 2. The first-order valence-electron chi connectivity index (χ1n) is 10.1. The van der Waals surface area contributed by atoms with Gasteiger partial charge in [-0.05, 0) is 48.2 Å². The number of nitrogens with zero attached hydrogens (tertiary/aromatic N) is 2. The molecule has 158 valence electrons. The van der Waals surface area contributed by atoms with Crippen molar-refractivity contribution >= 4 is 23.4 Å². The molecule has 7 heteroatoms. The summed E-state index contributed by atoms with van der Waals surface area (Å²) in [6.45, 7) is 1.63. The number of amides is 2. The highest BCUT2D eigenvalue weighted by molar-refractivity contribution is 6.30. The fraction of sp³-hybridized carbons (Fsp3) is 0.391. The number of halogens is 2. The van der Waals surface area contributed by atoms with Gasteiger partial charge in [0.25, 0.3) is 0 Å². The third-order valence-corrected chi connectivity index (χ3v) is 6.39. The molecule has 0 aliphatic carbocycles. The van der Waals surface area contributed by atoms with E-state index in [2.05, 4.69) is 0 Å². The van der Waals surface area contributed by atoms with Crippen molar-refractivity contribution in [3.63, 3.8) is 0 Å². The molecule has 2 aromatic rings. The van der Waals surface area contributed by atoms with E-state index in [0.29, 0.717) is 44.0 Å². The molecular weight excluding hydrogens is 407 g/mol. The summed E-state index contributed by atoms with van der Waals surface area (Å²) in [4.78, 5) is 28.8. The van der Waals surface area contributed by atoms with Gasteiger partial charge in [-0.3, -0.25) is 9.59 Å². The number of hydrogen-bond donors (Lipinski definition) is 1. The lowest BCUT2D eigenvalue weighted by Crippen LogP contribution is -2.47. The fourth-order valence-electron chi connectivity index (χ4n) is 4.30. The van der Waals surface area contributed by atoms with E-state index >= 15 is 0 Å². The minimum absolute atomic E-state index is 0.0388. The van der Waals surface area contributed by atoms with E-state index in [1.54, 1.807) is 34.1 Å². The van der Waals surface area contributed by atoms with Crippen molar-refractivity contribution in [1.29, 1.82) is 0 Å². The van der Waals surface area contributed by atoms with Crippen LogP contribution in [0.1, 0.15) is 30.4 Å². The average molecular weight is 431 g/mol. The standard InChI is InChI=1S/C23H24ClFN2O3/c24-19-5-3-18(4-6-19)23(30)9-11-26(12-10-23)22(29)17-13-21(28)27(15-17)14-16-1-7-20(25)8-2-16/h1-8,17,30H,9-15H2. The summed E-state index contributed by atoms with van der Waals surface area (Å²) in [5, 5.41) is 11.6. The van der Waals surface area contributed by atoms with Gasteiger partial charge in [0.05, 0.1) is 11.5 Å². The van der Waals surface area contributed by atoms with Crippen LogP contribution < -0.4 is 0 Å². The number of rotatable bonds is 4. The van der Waals surface area contributed by atoms with Gasteiger partial charge in [0.15, 0.2) is 0 Å². The van der Waals surface area contributed by atoms with Crippen molar-refractivity contribution < 1.29 is 19.1 Å². The molecule has 1 atom stereocenters. The molecule has 2 aromatic carbocycles. The Morgan fingerprint density at radius 1 is 1.10 bits per heavy atom. The Hall–Kier alpha value is -2.44. The van der Waals surface area contributed by atoms with Gasteiger partial charge in [-0.2, -0.15) is 0 Å². The molecule has 0 aromatic heterocycles. The molecule has 2 heterocycles. The summed E-state index contributed by atoms with van der Waals surface area (Å²) < 4.78 is 13.1. The van der Waals surface area contributed by atoms with Crippen molar-refractivity contribution in [3.05, 3.63) is 70.5 Å². The third-order valence-electron chi connectivity index (χ3n) is 6.13. The van der Waals surface area contributed by atoms with E-state index < -0.39 is 5.60 Å². The van der Waals surface area contributed by atoms with Crippen molar-refractivity contribution in [3.8, 4) is 0 Å². The second-order valence-corrected chi connectivity index (χ2v) is 8.60. The van der Waals surface area contributed by atoms with Crippen LogP contribution >= 0.6 is 11.6 Å². The predicted molar refractivity (Wildman–Crippen MR) is 111 cm³/mol. The highest BCUT2D eigenvalue weighted by atomic mass is 35.5. The molecule has 0 radical (unpaired) electrons. The van der Waals surface area contributed by atoms with Gasteiger partial charge in [0.1, 0.15) is 5.82 Å². The molecule has 30 heavy (non-hydrogen) atoms. The van der Waals surface area contributed by atoms with Gasteiger partial charge in [0, 0.05) is 37.6 Å². The van der Waals surface area contributed by atoms with Gasteiger partial charge in [-0.15, -0.1) is 0 Å². The summed E-state index contributed by atoms with van der Waals surface area (Å²) in [5.41, 5.74) is 0.672. The Balaban J connectivity index is 1.34. The van der Waals surface area contributed by atoms with E-state index in [0.717, 1.165) is 11.1 Å². The van der Waals surface area contributed by atoms with Crippen LogP contribution in [0.25, 0.3) is 0 Å². The number of carbonyl (C=O) groups is 2. The number of likely N-dealkylation sites (tertiary alicyclic amines) is 2. The van der Waals surface area contributed by atoms with Gasteiger partial charge in [-0.25, -0.2) is 4.39 Å². The second kappa shape index (κ2) is 8.36. The van der Waals surface area contributed by atoms with E-state index in [4.69, 9.17) is 11.6 Å². The van der Waals surface area contributed by atoms with Crippen LogP contribution in [0.4, 0.5) is 4.39 Å². The van der Waals surface area contributed by atoms with Crippen LogP contribution in [0.3, 0.4) is 0 Å². The van der Waals surface area contributed by atoms with E-state index in [1.807, 2.05) is 12.1 Å². The van der Waals surface area contributed by atoms with Gasteiger partial charge in [-0.1, -0.05) is 35.9 Å². The maximum Gasteiger partial charge on any atom is 0.227 e. The first-order valence-corrected chi connectivity index (χ1v) is 10.5. The summed E-state index contributed by atoms with van der Waals surface area (Å²) in [6.07, 6.45) is 1.08. The van der Waals surface area contributed by atoms with Crippen molar-refractivity contribution in [2.45, 2.75) is 31.4 Å². The average Bonchev–Trinajstić information content (AvgIpc) is 3.10. The monoisotopic (exact) mass is 430 g/mol. The van der Waals surface area contributed by atoms with Crippen molar-refractivity contribution in [2.24, 2.45) is 5.92 Å². The molecule has 2 saturated heterocycles. The zero-order valence-corrected chi connectivity index (χ0v) is 17.3. The SMILES string of the molecule is O=C1CC(C(=O)N2CCC(O)(c3ccc(Cl)cc3)CC2)CN1Cc1ccc(F)cc1. The number of carbonyl (C=O) groups excluding carboxylic acids is 2. The van der Waals surface area contributed by atoms with Gasteiger partial charge in [0.2, 0.25) is 11.8 Å². The normalized spacial score (nSPS) is 21.2. The Labute approximate surface area is 180 Å². The molecule has 5 nitrogen and oxygen atoms in total. The van der Waals surface area contributed by atoms with Crippen LogP contribution in [0.5, 0.6) is 0 Å².